The average molecular weight is 243 g/mol. The normalized spacial score (nSPS) is 14.7. The van der Waals surface area contributed by atoms with E-state index in [1.54, 1.807) is 12.1 Å². The zero-order valence-electron chi connectivity index (χ0n) is 10.0. The van der Waals surface area contributed by atoms with Gasteiger partial charge in [-0.25, -0.2) is 0 Å². The number of nitro benzene ring substituents is 1. The molecule has 5 nitrogen and oxygen atoms in total. The van der Waals surface area contributed by atoms with E-state index in [4.69, 9.17) is 0 Å². The van der Waals surface area contributed by atoms with Crippen LogP contribution in [0.25, 0.3) is 10.9 Å². The smallest absolute Gasteiger partial charge is 0.270 e. The van der Waals surface area contributed by atoms with Crippen molar-refractivity contribution in [2.45, 2.75) is 25.8 Å². The number of pyridine rings is 1. The fraction of sp³-hybridized carbons (Fsp3) is 0.308. The number of fused-ring (bicyclic) bond motifs is 1. The Labute approximate surface area is 104 Å². The van der Waals surface area contributed by atoms with Crippen LogP contribution in [0, 0.1) is 17.0 Å². The van der Waals surface area contributed by atoms with Crippen molar-refractivity contribution in [1.82, 2.24) is 4.98 Å². The molecule has 1 aromatic heterocycles. The minimum Gasteiger partial charge on any atom is -0.382 e. The molecule has 3 rings (SSSR count). The number of benzene rings is 1. The third kappa shape index (κ3) is 1.99. The van der Waals surface area contributed by atoms with E-state index in [-0.39, 0.29) is 10.6 Å². The number of hydrogen-bond donors (Lipinski definition) is 1. The summed E-state index contributed by atoms with van der Waals surface area (Å²) in [6, 6.07) is 7.25. The van der Waals surface area contributed by atoms with Crippen molar-refractivity contribution >= 4 is 22.3 Å². The van der Waals surface area contributed by atoms with Crippen LogP contribution in [-0.4, -0.2) is 15.9 Å². The summed E-state index contributed by atoms with van der Waals surface area (Å²) in [4.78, 5) is 14.8. The van der Waals surface area contributed by atoms with Gasteiger partial charge in [-0.2, -0.15) is 0 Å². The highest BCUT2D eigenvalue weighted by molar-refractivity contribution is 5.93. The molecule has 1 aromatic carbocycles. The molecule has 0 amide bonds. The zero-order valence-corrected chi connectivity index (χ0v) is 10.0. The highest BCUT2D eigenvalue weighted by Crippen LogP contribution is 2.31. The number of nitrogens with one attached hydrogen (secondary N) is 1. The van der Waals surface area contributed by atoms with Crippen LogP contribution >= 0.6 is 0 Å². The zero-order chi connectivity index (χ0) is 12.7. The van der Waals surface area contributed by atoms with E-state index in [2.05, 4.69) is 10.3 Å². The summed E-state index contributed by atoms with van der Waals surface area (Å²) in [5.41, 5.74) is 2.76. The summed E-state index contributed by atoms with van der Waals surface area (Å²) < 4.78 is 0. The lowest BCUT2D eigenvalue weighted by atomic mass is 10.1. The molecule has 0 saturated heterocycles. The molecule has 92 valence electrons. The van der Waals surface area contributed by atoms with Gasteiger partial charge < -0.3 is 5.32 Å². The quantitative estimate of drug-likeness (QED) is 0.664. The van der Waals surface area contributed by atoms with Gasteiger partial charge in [-0.05, 0) is 31.9 Å². The van der Waals surface area contributed by atoms with Gasteiger partial charge in [0, 0.05) is 34.9 Å². The van der Waals surface area contributed by atoms with E-state index in [0.29, 0.717) is 6.04 Å². The molecule has 2 aromatic rings. The Hall–Kier alpha value is -2.17. The summed E-state index contributed by atoms with van der Waals surface area (Å²) >= 11 is 0. The predicted octanol–water partition coefficient (Wildman–Crippen LogP) is 3.03. The molecule has 0 spiro atoms. The van der Waals surface area contributed by atoms with Crippen molar-refractivity contribution in [3.05, 3.63) is 40.1 Å². The summed E-state index contributed by atoms with van der Waals surface area (Å²) in [5.74, 6) is 0. The van der Waals surface area contributed by atoms with Crippen LogP contribution in [-0.2, 0) is 0 Å². The fourth-order valence-electron chi connectivity index (χ4n) is 2.03. The second kappa shape index (κ2) is 3.94. The minimum atomic E-state index is -0.375. The number of aryl methyl sites for hydroxylation is 1. The van der Waals surface area contributed by atoms with Gasteiger partial charge in [0.15, 0.2) is 0 Å². The molecule has 1 fully saturated rings. The summed E-state index contributed by atoms with van der Waals surface area (Å²) in [7, 11) is 0. The Morgan fingerprint density at radius 3 is 2.83 bits per heavy atom. The molecule has 1 heterocycles. The molecule has 0 unspecified atom stereocenters. The summed E-state index contributed by atoms with van der Waals surface area (Å²) in [5, 5.41) is 15.0. The van der Waals surface area contributed by atoms with Crippen LogP contribution in [0.15, 0.2) is 24.3 Å². The molecule has 0 bridgehead atoms. The van der Waals surface area contributed by atoms with Gasteiger partial charge in [-0.1, -0.05) is 0 Å². The number of hydrogen-bond acceptors (Lipinski definition) is 4. The Morgan fingerprint density at radius 2 is 2.17 bits per heavy atom. The van der Waals surface area contributed by atoms with Crippen molar-refractivity contribution in [1.29, 1.82) is 0 Å². The highest BCUT2D eigenvalue weighted by atomic mass is 16.6. The molecular formula is C13H13N3O2. The van der Waals surface area contributed by atoms with Crippen molar-refractivity contribution in [3.8, 4) is 0 Å². The van der Waals surface area contributed by atoms with Gasteiger partial charge in [0.2, 0.25) is 0 Å². The first-order chi connectivity index (χ1) is 8.63. The molecule has 0 aliphatic heterocycles. The second-order valence-corrected chi connectivity index (χ2v) is 4.69. The van der Waals surface area contributed by atoms with Crippen molar-refractivity contribution in [3.63, 3.8) is 0 Å². The van der Waals surface area contributed by atoms with Crippen LogP contribution in [0.4, 0.5) is 11.4 Å². The molecule has 1 N–H and O–H groups in total. The van der Waals surface area contributed by atoms with Crippen LogP contribution in [0.1, 0.15) is 18.5 Å². The van der Waals surface area contributed by atoms with Gasteiger partial charge in [0.1, 0.15) is 0 Å². The van der Waals surface area contributed by atoms with Crippen LogP contribution in [0.2, 0.25) is 0 Å². The molecule has 1 saturated carbocycles. The lowest BCUT2D eigenvalue weighted by molar-refractivity contribution is -0.384. The molecule has 18 heavy (non-hydrogen) atoms. The number of anilines is 1. The van der Waals surface area contributed by atoms with E-state index in [1.807, 2.05) is 13.0 Å². The van der Waals surface area contributed by atoms with E-state index in [0.717, 1.165) is 35.1 Å². The minimum absolute atomic E-state index is 0.104. The number of nitrogens with zero attached hydrogens (tertiary/aromatic N) is 2. The van der Waals surface area contributed by atoms with E-state index < -0.39 is 0 Å². The molecule has 5 heteroatoms. The Morgan fingerprint density at radius 1 is 1.39 bits per heavy atom. The standard InChI is InChI=1S/C13H13N3O2/c1-8-6-13(15-9-2-3-9)11-7-10(16(17)18)4-5-12(11)14-8/h4-7,9H,2-3H2,1H3,(H,14,15). The molecule has 0 radical (unpaired) electrons. The average Bonchev–Trinajstić information content (AvgIpc) is 3.12. The maximum atomic E-state index is 10.8. The number of non-ortho nitro benzene ring substituents is 1. The lowest BCUT2D eigenvalue weighted by Gasteiger charge is -2.09. The van der Waals surface area contributed by atoms with Gasteiger partial charge in [-0.15, -0.1) is 0 Å². The SMILES string of the molecule is Cc1cc(NC2CC2)c2cc([N+](=O)[O-])ccc2n1. The van der Waals surface area contributed by atoms with E-state index in [9.17, 15) is 10.1 Å². The fourth-order valence-corrected chi connectivity index (χ4v) is 2.03. The van der Waals surface area contributed by atoms with Crippen LogP contribution in [0.5, 0.6) is 0 Å². The first kappa shape index (κ1) is 11.0. The van der Waals surface area contributed by atoms with Crippen LogP contribution in [0.3, 0.4) is 0 Å². The first-order valence-electron chi connectivity index (χ1n) is 5.96. The molecular weight excluding hydrogens is 230 g/mol. The highest BCUT2D eigenvalue weighted by Gasteiger charge is 2.22. The third-order valence-electron chi connectivity index (χ3n) is 3.07. The Kier molecular flexibility index (Phi) is 2.40. The second-order valence-electron chi connectivity index (χ2n) is 4.69. The molecule has 0 atom stereocenters. The predicted molar refractivity (Wildman–Crippen MR) is 69.8 cm³/mol. The van der Waals surface area contributed by atoms with Gasteiger partial charge in [0.05, 0.1) is 10.4 Å². The first-order valence-corrected chi connectivity index (χ1v) is 5.96. The maximum Gasteiger partial charge on any atom is 0.270 e. The van der Waals surface area contributed by atoms with E-state index in [1.165, 1.54) is 6.07 Å². The lowest BCUT2D eigenvalue weighted by Crippen LogP contribution is -2.03. The number of aromatic nitrogens is 1. The monoisotopic (exact) mass is 243 g/mol. The Balaban J connectivity index is 2.16. The van der Waals surface area contributed by atoms with E-state index >= 15 is 0 Å². The van der Waals surface area contributed by atoms with Gasteiger partial charge in [-0.3, -0.25) is 15.1 Å². The summed E-state index contributed by atoms with van der Waals surface area (Å²) in [6.07, 6.45) is 2.33. The Bertz CT molecular complexity index is 635. The van der Waals surface area contributed by atoms with Crippen molar-refractivity contribution < 1.29 is 4.92 Å². The number of rotatable bonds is 3. The summed E-state index contributed by atoms with van der Waals surface area (Å²) in [6.45, 7) is 1.93. The van der Waals surface area contributed by atoms with Crippen molar-refractivity contribution in [2.75, 3.05) is 5.32 Å². The third-order valence-corrected chi connectivity index (χ3v) is 3.07. The van der Waals surface area contributed by atoms with Crippen molar-refractivity contribution in [2.24, 2.45) is 0 Å². The van der Waals surface area contributed by atoms with Gasteiger partial charge >= 0.3 is 0 Å². The van der Waals surface area contributed by atoms with Gasteiger partial charge in [0.25, 0.3) is 5.69 Å². The number of nitro groups is 1. The largest absolute Gasteiger partial charge is 0.382 e. The van der Waals surface area contributed by atoms with Crippen LogP contribution < -0.4 is 5.32 Å². The molecule has 1 aliphatic carbocycles. The maximum absolute atomic E-state index is 10.8. The molecule has 1 aliphatic rings. The topological polar surface area (TPSA) is 68.1 Å².